The van der Waals surface area contributed by atoms with Crippen LogP contribution in [-0.4, -0.2) is 18.1 Å². The lowest BCUT2D eigenvalue weighted by Crippen LogP contribution is -2.03. The van der Waals surface area contributed by atoms with E-state index in [1.165, 1.54) is 19.2 Å². The van der Waals surface area contributed by atoms with Crippen LogP contribution in [0.5, 0.6) is 0 Å². The summed E-state index contributed by atoms with van der Waals surface area (Å²) < 4.78 is 18.5. The molecule has 0 radical (unpaired) electrons. The number of carbonyl (C=O) groups excluding carboxylic acids is 1. The van der Waals surface area contributed by atoms with Gasteiger partial charge < -0.3 is 10.5 Å². The number of halogens is 1. The number of ether oxygens (including phenoxy) is 1. The smallest absolute Gasteiger partial charge is 0.340 e. The van der Waals surface area contributed by atoms with Gasteiger partial charge in [-0.1, -0.05) is 11.3 Å². The van der Waals surface area contributed by atoms with E-state index in [1.54, 1.807) is 0 Å². The highest BCUT2D eigenvalue weighted by atomic mass is 32.1. The van der Waals surface area contributed by atoms with Gasteiger partial charge in [0, 0.05) is 0 Å². The largest absolute Gasteiger partial charge is 0.465 e. The fraction of sp³-hybridized carbons (Fsp3) is 0.111. The van der Waals surface area contributed by atoms with Gasteiger partial charge in [-0.05, 0) is 12.1 Å². The third-order valence-electron chi connectivity index (χ3n) is 1.92. The molecule has 2 rings (SSSR count). The van der Waals surface area contributed by atoms with E-state index in [-0.39, 0.29) is 15.4 Å². The van der Waals surface area contributed by atoms with Gasteiger partial charge in [-0.25, -0.2) is 14.2 Å². The van der Waals surface area contributed by atoms with Gasteiger partial charge in [-0.3, -0.25) is 0 Å². The summed E-state index contributed by atoms with van der Waals surface area (Å²) in [6, 6.07) is 2.88. The first-order valence-electron chi connectivity index (χ1n) is 4.06. The van der Waals surface area contributed by atoms with Crippen LogP contribution in [0.4, 0.5) is 9.52 Å². The molecule has 0 spiro atoms. The van der Waals surface area contributed by atoms with Crippen molar-refractivity contribution in [3.05, 3.63) is 23.5 Å². The topological polar surface area (TPSA) is 65.2 Å². The lowest BCUT2D eigenvalue weighted by molar-refractivity contribution is 0.0596. The zero-order chi connectivity index (χ0) is 11.0. The highest BCUT2D eigenvalue weighted by molar-refractivity contribution is 7.22. The fourth-order valence-electron chi connectivity index (χ4n) is 1.24. The Kier molecular flexibility index (Phi) is 2.28. The molecule has 0 bridgehead atoms. The molecule has 0 aliphatic carbocycles. The van der Waals surface area contributed by atoms with Gasteiger partial charge in [-0.15, -0.1) is 0 Å². The van der Waals surface area contributed by atoms with Crippen molar-refractivity contribution in [2.75, 3.05) is 12.8 Å². The van der Waals surface area contributed by atoms with Crippen LogP contribution < -0.4 is 5.73 Å². The number of rotatable bonds is 1. The molecule has 4 nitrogen and oxygen atoms in total. The van der Waals surface area contributed by atoms with Crippen LogP contribution in [0.25, 0.3) is 10.2 Å². The van der Waals surface area contributed by atoms with Crippen LogP contribution in [0.2, 0.25) is 0 Å². The number of hydrogen-bond acceptors (Lipinski definition) is 5. The monoisotopic (exact) mass is 226 g/mol. The highest BCUT2D eigenvalue weighted by Crippen LogP contribution is 2.28. The molecular weight excluding hydrogens is 219 g/mol. The minimum Gasteiger partial charge on any atom is -0.465 e. The van der Waals surface area contributed by atoms with Gasteiger partial charge in [0.25, 0.3) is 0 Å². The zero-order valence-corrected chi connectivity index (χ0v) is 8.60. The number of nitrogens with zero attached hydrogens (tertiary/aromatic N) is 1. The molecule has 1 heterocycles. The molecule has 0 fully saturated rings. The van der Waals surface area contributed by atoms with Crippen molar-refractivity contribution in [2.45, 2.75) is 0 Å². The van der Waals surface area contributed by atoms with Crippen LogP contribution in [0, 0.1) is 5.82 Å². The summed E-state index contributed by atoms with van der Waals surface area (Å²) in [5.74, 6) is -1.34. The molecule has 0 amide bonds. The number of nitrogens with two attached hydrogens (primary N) is 1. The number of methoxy groups -OCH3 is 1. The molecule has 0 saturated carbocycles. The van der Waals surface area contributed by atoms with Gasteiger partial charge in [0.1, 0.15) is 0 Å². The van der Waals surface area contributed by atoms with Gasteiger partial charge in [0.15, 0.2) is 10.9 Å². The van der Waals surface area contributed by atoms with E-state index in [2.05, 4.69) is 9.72 Å². The highest BCUT2D eigenvalue weighted by Gasteiger charge is 2.16. The zero-order valence-electron chi connectivity index (χ0n) is 7.78. The first-order chi connectivity index (χ1) is 7.13. The first-order valence-corrected chi connectivity index (χ1v) is 4.88. The van der Waals surface area contributed by atoms with Crippen LogP contribution in [-0.2, 0) is 4.74 Å². The molecule has 0 aliphatic rings. The Labute approximate surface area is 88.5 Å². The predicted octanol–water partition coefficient (Wildman–Crippen LogP) is 1.80. The number of fused-ring (bicyclic) bond motifs is 1. The van der Waals surface area contributed by atoms with Crippen molar-refractivity contribution in [1.29, 1.82) is 0 Å². The number of aromatic nitrogens is 1. The van der Waals surface area contributed by atoms with E-state index in [0.717, 1.165) is 11.3 Å². The van der Waals surface area contributed by atoms with Crippen molar-refractivity contribution >= 4 is 32.7 Å². The summed E-state index contributed by atoms with van der Waals surface area (Å²) in [6.45, 7) is 0. The molecule has 0 unspecified atom stereocenters. The summed E-state index contributed by atoms with van der Waals surface area (Å²) >= 11 is 1.00. The Morgan fingerprint density at radius 2 is 2.33 bits per heavy atom. The van der Waals surface area contributed by atoms with Gasteiger partial charge in [0.2, 0.25) is 0 Å². The Hall–Kier alpha value is -1.69. The second-order valence-electron chi connectivity index (χ2n) is 2.82. The van der Waals surface area contributed by atoms with E-state index < -0.39 is 11.8 Å². The minimum atomic E-state index is -0.707. The molecule has 1 aromatic carbocycles. The van der Waals surface area contributed by atoms with Crippen molar-refractivity contribution in [2.24, 2.45) is 0 Å². The molecular formula is C9H7FN2O2S. The molecule has 0 aliphatic heterocycles. The summed E-state index contributed by atoms with van der Waals surface area (Å²) in [5, 5.41) is 0.269. The predicted molar refractivity (Wildman–Crippen MR) is 55.3 cm³/mol. The molecule has 2 aromatic rings. The Balaban J connectivity index is 2.69. The average molecular weight is 226 g/mol. The van der Waals surface area contributed by atoms with Gasteiger partial charge in [0.05, 0.1) is 22.9 Å². The second kappa shape index (κ2) is 3.47. The average Bonchev–Trinajstić information content (AvgIpc) is 2.59. The summed E-state index contributed by atoms with van der Waals surface area (Å²) in [5.41, 5.74) is 5.79. The second-order valence-corrected chi connectivity index (χ2v) is 3.85. The maximum Gasteiger partial charge on any atom is 0.340 e. The fourth-order valence-corrected chi connectivity index (χ4v) is 2.02. The standard InChI is InChI=1S/C9H7FN2O2S/c1-14-8(13)4-2-3-5-7(6(4)10)15-9(11)12-5/h2-3H,1H3,(H2,11,12). The Morgan fingerprint density at radius 3 is 3.00 bits per heavy atom. The summed E-state index contributed by atoms with van der Waals surface area (Å²) in [4.78, 5) is 15.1. The first kappa shape index (κ1) is 9.85. The van der Waals surface area contributed by atoms with Crippen molar-refractivity contribution in [3.63, 3.8) is 0 Å². The van der Waals surface area contributed by atoms with Crippen molar-refractivity contribution < 1.29 is 13.9 Å². The van der Waals surface area contributed by atoms with E-state index >= 15 is 0 Å². The molecule has 15 heavy (non-hydrogen) atoms. The summed E-state index contributed by atoms with van der Waals surface area (Å²) in [7, 11) is 1.20. The normalized spacial score (nSPS) is 10.5. The number of esters is 1. The number of hydrogen-bond donors (Lipinski definition) is 1. The number of nitrogen functional groups attached to an aromatic ring is 1. The molecule has 1 aromatic heterocycles. The van der Waals surface area contributed by atoms with E-state index in [4.69, 9.17) is 5.73 Å². The molecule has 0 atom stereocenters. The van der Waals surface area contributed by atoms with Crippen LogP contribution in [0.3, 0.4) is 0 Å². The molecule has 2 N–H and O–H groups in total. The van der Waals surface area contributed by atoms with Crippen molar-refractivity contribution in [3.8, 4) is 0 Å². The maximum absolute atomic E-state index is 13.7. The third-order valence-corrected chi connectivity index (χ3v) is 2.81. The molecule has 78 valence electrons. The van der Waals surface area contributed by atoms with Crippen LogP contribution in [0.15, 0.2) is 12.1 Å². The van der Waals surface area contributed by atoms with Crippen molar-refractivity contribution in [1.82, 2.24) is 4.98 Å². The van der Waals surface area contributed by atoms with Crippen LogP contribution >= 0.6 is 11.3 Å². The number of carbonyl (C=O) groups is 1. The maximum atomic E-state index is 13.7. The van der Waals surface area contributed by atoms with Gasteiger partial charge in [-0.2, -0.15) is 0 Å². The van der Waals surface area contributed by atoms with E-state index in [1.807, 2.05) is 0 Å². The van der Waals surface area contributed by atoms with Gasteiger partial charge >= 0.3 is 5.97 Å². The third kappa shape index (κ3) is 1.52. The summed E-state index contributed by atoms with van der Waals surface area (Å²) in [6.07, 6.45) is 0. The number of anilines is 1. The van der Waals surface area contributed by atoms with E-state index in [0.29, 0.717) is 5.52 Å². The molecule has 0 saturated heterocycles. The Morgan fingerprint density at radius 1 is 1.60 bits per heavy atom. The van der Waals surface area contributed by atoms with Crippen LogP contribution in [0.1, 0.15) is 10.4 Å². The quantitative estimate of drug-likeness (QED) is 0.753. The molecule has 6 heteroatoms. The van der Waals surface area contributed by atoms with E-state index in [9.17, 15) is 9.18 Å². The number of benzene rings is 1. The minimum absolute atomic E-state index is 0.103. The Bertz CT molecular complexity index is 538. The number of thiazole rings is 1. The lowest BCUT2D eigenvalue weighted by atomic mass is 10.2. The SMILES string of the molecule is COC(=O)c1ccc2nc(N)sc2c1F. The lowest BCUT2D eigenvalue weighted by Gasteiger charge is -2.00.